The van der Waals surface area contributed by atoms with Crippen molar-refractivity contribution in [1.29, 1.82) is 0 Å². The van der Waals surface area contributed by atoms with E-state index in [1.807, 2.05) is 72.8 Å². The zero-order chi connectivity index (χ0) is 109. The average Bonchev–Trinajstić information content (AvgIpc) is 0.818. The van der Waals surface area contributed by atoms with Gasteiger partial charge in [0.1, 0.15) is 23.0 Å². The van der Waals surface area contributed by atoms with E-state index < -0.39 is 22.8 Å². The molecule has 0 aliphatic carbocycles. The van der Waals surface area contributed by atoms with Gasteiger partial charge in [-0.15, -0.1) is 0 Å². The van der Waals surface area contributed by atoms with Gasteiger partial charge in [0.15, 0.2) is 11.4 Å². The summed E-state index contributed by atoms with van der Waals surface area (Å²) in [6.45, 7) is 38.8. The maximum Gasteiger partial charge on any atom is 2.00 e. The third kappa shape index (κ3) is 93.7. The molecule has 4 aromatic carbocycles. The average molecular weight is 2350 g/mol. The molecule has 0 saturated carbocycles. The van der Waals surface area contributed by atoms with Crippen molar-refractivity contribution in [3.05, 3.63) is 119 Å². The first-order chi connectivity index (χ1) is 71.4. The second-order valence-corrected chi connectivity index (χ2v) is 66.1. The van der Waals surface area contributed by atoms with Crippen LogP contribution in [0.2, 0.25) is 0 Å². The normalized spacial score (nSPS) is 13.4. The fraction of sp³-hybridized carbons (Fsp3) is 0.812. The van der Waals surface area contributed by atoms with Crippen LogP contribution in [0.15, 0.2) is 97.1 Å². The molecule has 4 rings (SSSR count). The third-order valence-corrected chi connectivity index (χ3v) is 37.1. The smallest absolute Gasteiger partial charge is 0.665 e. The fourth-order valence-corrected chi connectivity index (χ4v) is 27.6. The van der Waals surface area contributed by atoms with Gasteiger partial charge in [-0.05, 0) is 192 Å². The monoisotopic (exact) mass is 2340 g/mol. The summed E-state index contributed by atoms with van der Waals surface area (Å²) in [5, 5.41) is 0. The van der Waals surface area contributed by atoms with E-state index in [4.69, 9.17) is 108 Å². The number of unbranched alkanes of at least 4 members (excludes halogenated alkanes) is 68. The summed E-state index contributed by atoms with van der Waals surface area (Å²) in [6.07, 6.45) is 105. The first kappa shape index (κ1) is 150. The molecule has 4 atom stereocenters. The summed E-state index contributed by atoms with van der Waals surface area (Å²) in [6, 6.07) is 32.2. The summed E-state index contributed by atoms with van der Waals surface area (Å²) >= 11 is 42.7. The van der Waals surface area contributed by atoms with Crippen molar-refractivity contribution >= 4 is 119 Å². The zero-order valence-corrected chi connectivity index (χ0v) is 113. The first-order valence-electron chi connectivity index (χ1n) is 62.4. The van der Waals surface area contributed by atoms with E-state index in [9.17, 15) is 0 Å². The molecule has 864 valence electrons. The quantitative estimate of drug-likeness (QED) is 0.0145. The van der Waals surface area contributed by atoms with Crippen LogP contribution in [-0.4, -0.2) is 26.4 Å². The van der Waals surface area contributed by atoms with Crippen LogP contribution in [-0.2, 0) is 109 Å². The molecule has 0 fully saturated rings. The van der Waals surface area contributed by atoms with Gasteiger partial charge in [0, 0.05) is 0 Å². The van der Waals surface area contributed by atoms with E-state index in [0.717, 1.165) is 96.6 Å². The molecule has 0 aliphatic heterocycles. The Balaban J connectivity index is 0.00000199. The predicted octanol–water partition coefficient (Wildman–Crippen LogP) is 48.9. The third-order valence-electron chi connectivity index (χ3n) is 28.9. The summed E-state index contributed by atoms with van der Waals surface area (Å²) in [5.41, 5.74) is -5.97. The SMILES string of the molecule is CC(C)CC(C)c1ccccc1OP(=S)([S-])Oc1ccccc1C(C)CC(C)C.CC(C)CC(C)c1ccccc1OP(=S)([S-])Oc1ccccc1C(C)CC(C)C.CCCCCCCCCCCCCCCCCCCCOP(=S)(S)OCCCCCCCCCCCCCCCCCCCC.CCCCCCCCCCCCCCCCCCCCOP(=S)(S)OCCCCCCCCCCCCCCCCCCCC.[Zn+2]. The number of benzene rings is 4. The predicted molar refractivity (Wildman–Crippen MR) is 689 cm³/mol. The Kier molecular flexibility index (Phi) is 104. The molecule has 149 heavy (non-hydrogen) atoms. The van der Waals surface area contributed by atoms with Gasteiger partial charge >= 0.3 is 19.5 Å². The van der Waals surface area contributed by atoms with Crippen molar-refractivity contribution in [1.82, 2.24) is 0 Å². The van der Waals surface area contributed by atoms with Crippen LogP contribution in [0.4, 0.5) is 0 Å². The molecule has 0 heterocycles. The second kappa shape index (κ2) is 104. The molecule has 0 saturated heterocycles. The Bertz CT molecular complexity index is 3340. The van der Waals surface area contributed by atoms with E-state index in [-0.39, 0.29) is 19.5 Å². The van der Waals surface area contributed by atoms with Crippen molar-refractivity contribution in [2.45, 2.75) is 622 Å². The summed E-state index contributed by atoms with van der Waals surface area (Å²) < 4.78 is 48.1. The molecule has 0 bridgehead atoms. The van der Waals surface area contributed by atoms with Crippen molar-refractivity contribution in [3.63, 3.8) is 0 Å². The minimum atomic E-state index is -2.92. The summed E-state index contributed by atoms with van der Waals surface area (Å²) in [5.74, 6) is 6.93. The number of thiol groups is 2. The van der Waals surface area contributed by atoms with Crippen molar-refractivity contribution < 1.29 is 55.7 Å². The Morgan fingerprint density at radius 2 is 0.315 bits per heavy atom. The van der Waals surface area contributed by atoms with Gasteiger partial charge < -0.3 is 60.7 Å². The van der Waals surface area contributed by atoms with E-state index in [2.05, 4.69) is 160 Å². The minimum Gasteiger partial charge on any atom is -0.665 e. The molecule has 0 spiro atoms. The van der Waals surface area contributed by atoms with E-state index in [0.29, 0.717) is 73.8 Å². The van der Waals surface area contributed by atoms with Crippen LogP contribution >= 0.6 is 47.3 Å². The minimum absolute atomic E-state index is 0. The van der Waals surface area contributed by atoms with Gasteiger partial charge in [-0.25, -0.2) is 0 Å². The molecule has 4 aromatic rings. The zero-order valence-electron chi connectivity index (χ0n) is 99.5. The number of para-hydroxylation sites is 4. The molecular formula is C128H234O8P4S8Zn. The van der Waals surface area contributed by atoms with Crippen molar-refractivity contribution in [2.24, 2.45) is 23.7 Å². The van der Waals surface area contributed by atoms with Gasteiger partial charge in [0.05, 0.1) is 26.4 Å². The Morgan fingerprint density at radius 3 is 0.436 bits per heavy atom. The Labute approximate surface area is 980 Å². The number of rotatable bonds is 100. The van der Waals surface area contributed by atoms with Crippen molar-refractivity contribution in [2.75, 3.05) is 26.4 Å². The summed E-state index contributed by atoms with van der Waals surface area (Å²) in [4.78, 5) is 0. The number of hydrogen-bond acceptors (Lipinski definition) is 14. The summed E-state index contributed by atoms with van der Waals surface area (Å²) in [7, 11) is 0. The molecule has 0 aliphatic rings. The molecule has 4 unspecified atom stereocenters. The van der Waals surface area contributed by atoms with Crippen LogP contribution in [0.5, 0.6) is 23.0 Å². The largest absolute Gasteiger partial charge is 2.00 e. The Hall–Kier alpha value is 0.543. The maximum absolute atomic E-state index is 6.17. The van der Waals surface area contributed by atoms with Crippen LogP contribution in [0, 0.1) is 23.7 Å². The van der Waals surface area contributed by atoms with E-state index >= 15 is 0 Å². The molecule has 21 heteroatoms. The van der Waals surface area contributed by atoms with E-state index in [1.165, 1.54) is 437 Å². The van der Waals surface area contributed by atoms with Crippen LogP contribution in [0.1, 0.15) is 645 Å². The second-order valence-electron chi connectivity index (χ2n) is 45.8. The molecular weight excluding hydrogens is 2110 g/mol. The van der Waals surface area contributed by atoms with E-state index in [1.54, 1.807) is 0 Å². The van der Waals surface area contributed by atoms with Gasteiger partial charge in [-0.1, -0.05) is 645 Å². The van der Waals surface area contributed by atoms with Crippen LogP contribution in [0.3, 0.4) is 0 Å². The molecule has 0 amide bonds. The van der Waals surface area contributed by atoms with Gasteiger partial charge in [0.2, 0.25) is 11.4 Å². The van der Waals surface area contributed by atoms with Crippen LogP contribution in [0.25, 0.3) is 0 Å². The molecule has 0 aromatic heterocycles. The Morgan fingerprint density at radius 1 is 0.201 bits per heavy atom. The molecule has 8 nitrogen and oxygen atoms in total. The molecule has 0 radical (unpaired) electrons. The fourth-order valence-electron chi connectivity index (χ4n) is 20.5. The van der Waals surface area contributed by atoms with Gasteiger partial charge in [-0.3, -0.25) is 0 Å². The first-order valence-corrected chi connectivity index (χ1v) is 77.3. The standard InChI is InChI=1S/2C40H83O2PS2.2C24H35O2PS2.Zn/c2*1-3-5-7-9-11-13-15-17-19-21-23-25-27-29-31-33-35-37-39-41-43(44,45)42-40-38-36-34-32-30-28-26-24-22-20-18-16-14-12-10-8-6-4-2;2*1-17(2)15-19(5)21-11-7-9-13-23(21)25-27(28,29)26-24-14-10-8-12-22(24)20(6)16-18(3)4;/h2*3-40H2,1-2H3,(H,44,45);2*7-14,17-20H,15-16H2,1-6H3,(H,28,29);/q;;;;+2/p-2. The van der Waals surface area contributed by atoms with Crippen molar-refractivity contribution in [3.8, 4) is 23.0 Å². The van der Waals surface area contributed by atoms with Gasteiger partial charge in [-0.2, -0.15) is 0 Å². The van der Waals surface area contributed by atoms with Crippen LogP contribution < -0.4 is 18.1 Å². The maximum atomic E-state index is 6.17. The van der Waals surface area contributed by atoms with Gasteiger partial charge in [0.25, 0.3) is 0 Å². The number of hydrogen-bond donors (Lipinski definition) is 2. The molecule has 0 N–H and O–H groups in total. The topological polar surface area (TPSA) is 73.8 Å².